The average Bonchev–Trinajstić information content (AvgIpc) is 2.41. The first kappa shape index (κ1) is 12.5. The maximum atomic E-state index is 10.6. The van der Waals surface area contributed by atoms with Crippen molar-refractivity contribution in [2.24, 2.45) is 0 Å². The van der Waals surface area contributed by atoms with Crippen molar-refractivity contribution < 1.29 is 14.0 Å². The maximum absolute atomic E-state index is 10.6. The highest BCUT2D eigenvalue weighted by Gasteiger charge is 2.12. The number of benzene rings is 2. The Labute approximate surface area is 106 Å². The minimum absolute atomic E-state index is 0.772. The molecule has 3 nitrogen and oxygen atoms in total. The van der Waals surface area contributed by atoms with E-state index in [4.69, 9.17) is 9.42 Å². The zero-order valence-electron chi connectivity index (χ0n) is 9.56. The molecule has 4 heteroatoms. The molecule has 90 valence electrons. The van der Waals surface area contributed by atoms with Gasteiger partial charge in [0.1, 0.15) is 0 Å². The summed E-state index contributed by atoms with van der Waals surface area (Å²) in [6.07, 6.45) is 1.32. The van der Waals surface area contributed by atoms with E-state index in [2.05, 4.69) is 0 Å². The van der Waals surface area contributed by atoms with Crippen molar-refractivity contribution in [3.8, 4) is 0 Å². The SMILES string of the molecule is O=[P+](O)OC=C(c1ccccc1)c1ccccc1. The quantitative estimate of drug-likeness (QED) is 0.672. The second-order valence-electron chi connectivity index (χ2n) is 3.61. The van der Waals surface area contributed by atoms with Gasteiger partial charge < -0.3 is 0 Å². The van der Waals surface area contributed by atoms with Crippen LogP contribution in [0.5, 0.6) is 0 Å². The number of hydrogen-bond acceptors (Lipinski definition) is 2. The second-order valence-corrected chi connectivity index (χ2v) is 4.29. The van der Waals surface area contributed by atoms with Crippen molar-refractivity contribution >= 4 is 13.8 Å². The Balaban J connectivity index is 2.42. The Kier molecular flexibility index (Phi) is 4.24. The third-order valence-corrected chi connectivity index (χ3v) is 2.72. The van der Waals surface area contributed by atoms with Crippen LogP contribution in [0, 0.1) is 0 Å². The summed E-state index contributed by atoms with van der Waals surface area (Å²) < 4.78 is 15.4. The predicted molar refractivity (Wildman–Crippen MR) is 70.9 cm³/mol. The molecule has 1 unspecified atom stereocenters. The molecule has 0 aliphatic rings. The Morgan fingerprint density at radius 3 is 1.78 bits per heavy atom. The molecule has 0 saturated heterocycles. The molecule has 0 spiro atoms. The number of hydrogen-bond donors (Lipinski definition) is 1. The normalized spacial score (nSPS) is 10.6. The molecule has 0 radical (unpaired) electrons. The van der Waals surface area contributed by atoms with Gasteiger partial charge in [0.05, 0.1) is 0 Å². The molecule has 18 heavy (non-hydrogen) atoms. The lowest BCUT2D eigenvalue weighted by Gasteiger charge is -2.05. The highest BCUT2D eigenvalue weighted by molar-refractivity contribution is 7.32. The molecule has 0 aromatic heterocycles. The first-order valence-corrected chi connectivity index (χ1v) is 6.54. The van der Waals surface area contributed by atoms with Gasteiger partial charge in [0.25, 0.3) is 0 Å². The first-order chi connectivity index (χ1) is 8.77. The van der Waals surface area contributed by atoms with Crippen LogP contribution in [0.25, 0.3) is 5.57 Å². The van der Waals surface area contributed by atoms with Crippen molar-refractivity contribution in [2.45, 2.75) is 0 Å². The second kappa shape index (κ2) is 6.10. The van der Waals surface area contributed by atoms with Crippen LogP contribution in [-0.2, 0) is 9.09 Å². The first-order valence-electron chi connectivity index (χ1n) is 5.41. The molecule has 2 aromatic rings. The maximum Gasteiger partial charge on any atom is 0.746 e. The van der Waals surface area contributed by atoms with Gasteiger partial charge in [-0.25, -0.2) is 4.52 Å². The average molecular weight is 259 g/mol. The van der Waals surface area contributed by atoms with Gasteiger partial charge in [-0.05, 0) is 11.1 Å². The highest BCUT2D eigenvalue weighted by atomic mass is 31.1. The van der Waals surface area contributed by atoms with Crippen molar-refractivity contribution in [3.63, 3.8) is 0 Å². The minimum atomic E-state index is -2.64. The molecular weight excluding hydrogens is 247 g/mol. The summed E-state index contributed by atoms with van der Waals surface area (Å²) in [7, 11) is -2.64. The fraction of sp³-hybridized carbons (Fsp3) is 0. The standard InChI is InChI=1S/C14H11O3P/c15-18(16)17-11-14(12-7-3-1-4-8-12)13-9-5-2-6-10-13/h1-11H/p+1. The van der Waals surface area contributed by atoms with E-state index in [9.17, 15) is 4.57 Å². The van der Waals surface area contributed by atoms with Crippen molar-refractivity contribution in [2.75, 3.05) is 0 Å². The van der Waals surface area contributed by atoms with Crippen molar-refractivity contribution in [1.82, 2.24) is 0 Å². The van der Waals surface area contributed by atoms with Crippen LogP contribution < -0.4 is 0 Å². The fourth-order valence-electron chi connectivity index (χ4n) is 1.64. The van der Waals surface area contributed by atoms with Gasteiger partial charge in [-0.3, -0.25) is 0 Å². The predicted octanol–water partition coefficient (Wildman–Crippen LogP) is 3.74. The topological polar surface area (TPSA) is 46.5 Å². The van der Waals surface area contributed by atoms with Crippen molar-refractivity contribution in [1.29, 1.82) is 0 Å². The fourth-order valence-corrected chi connectivity index (χ4v) is 1.83. The summed E-state index contributed by atoms with van der Waals surface area (Å²) in [6, 6.07) is 19.2. The van der Waals surface area contributed by atoms with Crippen LogP contribution in [0.3, 0.4) is 0 Å². The van der Waals surface area contributed by atoms with E-state index >= 15 is 0 Å². The highest BCUT2D eigenvalue weighted by Crippen LogP contribution is 2.26. The van der Waals surface area contributed by atoms with Crippen LogP contribution in [0.4, 0.5) is 0 Å². The van der Waals surface area contributed by atoms with Gasteiger partial charge in [0, 0.05) is 10.1 Å². The molecule has 0 bridgehead atoms. The summed E-state index contributed by atoms with van der Waals surface area (Å²) in [5, 5.41) is 0. The molecule has 0 aliphatic carbocycles. The Morgan fingerprint density at radius 2 is 1.39 bits per heavy atom. The van der Waals surface area contributed by atoms with E-state index in [0.29, 0.717) is 0 Å². The van der Waals surface area contributed by atoms with Gasteiger partial charge in [0.2, 0.25) is 0 Å². The van der Waals surface area contributed by atoms with Crippen LogP contribution in [0.1, 0.15) is 11.1 Å². The zero-order chi connectivity index (χ0) is 12.8. The third kappa shape index (κ3) is 3.27. The molecule has 0 heterocycles. The molecule has 0 fully saturated rings. The van der Waals surface area contributed by atoms with Gasteiger partial charge in [-0.2, -0.15) is 0 Å². The Bertz CT molecular complexity index is 508. The van der Waals surface area contributed by atoms with E-state index in [1.54, 1.807) is 0 Å². The summed E-state index contributed by atoms with van der Waals surface area (Å²) in [6.45, 7) is 0. The van der Waals surface area contributed by atoms with E-state index in [1.165, 1.54) is 6.26 Å². The van der Waals surface area contributed by atoms with E-state index in [1.807, 2.05) is 60.7 Å². The van der Waals surface area contributed by atoms with Gasteiger partial charge in [0.15, 0.2) is 6.26 Å². The lowest BCUT2D eigenvalue weighted by atomic mass is 9.99. The summed E-state index contributed by atoms with van der Waals surface area (Å²) in [5.74, 6) is 0. The van der Waals surface area contributed by atoms with Gasteiger partial charge in [-0.1, -0.05) is 60.7 Å². The van der Waals surface area contributed by atoms with Gasteiger partial charge >= 0.3 is 8.25 Å². The number of rotatable bonds is 4. The third-order valence-electron chi connectivity index (χ3n) is 2.43. The summed E-state index contributed by atoms with van der Waals surface area (Å²) >= 11 is 0. The van der Waals surface area contributed by atoms with Crippen LogP contribution >= 0.6 is 8.25 Å². The monoisotopic (exact) mass is 259 g/mol. The molecule has 1 atom stereocenters. The van der Waals surface area contributed by atoms with Crippen molar-refractivity contribution in [3.05, 3.63) is 78.1 Å². The molecule has 0 amide bonds. The lowest BCUT2D eigenvalue weighted by molar-refractivity contribution is 0.379. The van der Waals surface area contributed by atoms with Crippen LogP contribution in [0.15, 0.2) is 66.9 Å². The molecule has 0 aliphatic heterocycles. The molecule has 1 N–H and O–H groups in total. The largest absolute Gasteiger partial charge is 0.746 e. The summed E-state index contributed by atoms with van der Waals surface area (Å²) in [5.41, 5.74) is 2.63. The van der Waals surface area contributed by atoms with Crippen LogP contribution in [-0.4, -0.2) is 4.89 Å². The van der Waals surface area contributed by atoms with E-state index in [-0.39, 0.29) is 0 Å². The molecular formula is C14H12O3P+. The molecule has 2 aromatic carbocycles. The summed E-state index contributed by atoms with van der Waals surface area (Å²) in [4.78, 5) is 8.74. The van der Waals surface area contributed by atoms with E-state index in [0.717, 1.165) is 16.7 Å². The van der Waals surface area contributed by atoms with E-state index < -0.39 is 8.25 Å². The zero-order valence-corrected chi connectivity index (χ0v) is 10.5. The van der Waals surface area contributed by atoms with Gasteiger partial charge in [-0.15, -0.1) is 4.89 Å². The lowest BCUT2D eigenvalue weighted by Crippen LogP contribution is -1.87. The smallest absolute Gasteiger partial charge is 0.237 e. The minimum Gasteiger partial charge on any atom is -0.237 e. The molecule has 2 rings (SSSR count). The molecule has 0 saturated carbocycles. The Hall–Kier alpha value is -1.96. The Morgan fingerprint density at radius 1 is 0.944 bits per heavy atom. The van der Waals surface area contributed by atoms with Crippen LogP contribution in [0.2, 0.25) is 0 Å².